The molecule has 0 aromatic carbocycles. The van der Waals surface area contributed by atoms with Crippen LogP contribution >= 0.6 is 12.2 Å². The molecule has 4 N–H and O–H groups in total. The minimum atomic E-state index is -3.60. The Balaban J connectivity index is 2.55. The van der Waals surface area contributed by atoms with Crippen LogP contribution < -0.4 is 5.56 Å². The van der Waals surface area contributed by atoms with Crippen LogP contribution in [-0.2, 0) is 4.74 Å². The second-order valence-corrected chi connectivity index (χ2v) is 4.44. The number of rotatable bonds is 2. The van der Waals surface area contributed by atoms with Gasteiger partial charge in [0.25, 0.3) is 11.4 Å². The lowest BCUT2D eigenvalue weighted by atomic mass is 10.1. The van der Waals surface area contributed by atoms with E-state index in [-0.39, 0.29) is 10.3 Å². The second-order valence-electron chi connectivity index (χ2n) is 4.05. The van der Waals surface area contributed by atoms with E-state index in [1.807, 2.05) is 5.92 Å². The van der Waals surface area contributed by atoms with Crippen LogP contribution in [0, 0.1) is 17.1 Å². The standard InChI is InChI=1S/C11H11FN2O5S/c1-2-5-3-14(10(20)13-8(5)18)9-6(16)7(17)11(12,4-15)19-9/h1,3,6-7,9,15-17H,4H2,(H,13,18,20)/t6-,7+,9-,11-/m1/s1/i4D2. The predicted molar refractivity (Wildman–Crippen MR) is 66.9 cm³/mol. The Hall–Kier alpha value is -1.57. The highest BCUT2D eigenvalue weighted by atomic mass is 32.1. The van der Waals surface area contributed by atoms with E-state index in [0.717, 1.165) is 10.8 Å². The van der Waals surface area contributed by atoms with Crippen molar-refractivity contribution in [2.45, 2.75) is 24.3 Å². The van der Waals surface area contributed by atoms with Gasteiger partial charge in [0.15, 0.2) is 11.0 Å². The van der Waals surface area contributed by atoms with E-state index >= 15 is 0 Å². The number of H-pyrrole nitrogens is 1. The fraction of sp³-hybridized carbons (Fsp3) is 0.455. The first-order valence-electron chi connectivity index (χ1n) is 6.30. The van der Waals surface area contributed by atoms with Gasteiger partial charge in [0.1, 0.15) is 24.3 Å². The molecule has 9 heteroatoms. The second kappa shape index (κ2) is 5.08. The van der Waals surface area contributed by atoms with Gasteiger partial charge in [0.05, 0.1) is 2.74 Å². The summed E-state index contributed by atoms with van der Waals surface area (Å²) in [6.07, 6.45) is 0.00704. The van der Waals surface area contributed by atoms with Gasteiger partial charge in [0.2, 0.25) is 0 Å². The summed E-state index contributed by atoms with van der Waals surface area (Å²) in [5.74, 6) is -1.56. The van der Waals surface area contributed by atoms with Gasteiger partial charge in [0, 0.05) is 6.20 Å². The lowest BCUT2D eigenvalue weighted by molar-refractivity contribution is -0.207. The molecule has 0 amide bonds. The number of aliphatic hydroxyl groups is 3. The Morgan fingerprint density at radius 3 is 2.90 bits per heavy atom. The maximum atomic E-state index is 14.4. The lowest BCUT2D eigenvalue weighted by Gasteiger charge is -2.20. The molecular formula is C11H11FN2O5S. The van der Waals surface area contributed by atoms with E-state index in [9.17, 15) is 24.5 Å². The quantitative estimate of drug-likeness (QED) is 0.404. The summed E-state index contributed by atoms with van der Waals surface area (Å²) < 4.78 is 33.6. The largest absolute Gasteiger partial charge is 0.390 e. The monoisotopic (exact) mass is 304 g/mol. The van der Waals surface area contributed by atoms with Gasteiger partial charge in [-0.05, 0) is 12.2 Å². The van der Waals surface area contributed by atoms with Crippen LogP contribution in [0.4, 0.5) is 4.39 Å². The molecule has 2 rings (SSSR count). The van der Waals surface area contributed by atoms with E-state index in [1.165, 1.54) is 0 Å². The Labute approximate surface area is 120 Å². The lowest BCUT2D eigenvalue weighted by Crippen LogP contribution is -2.42. The first-order chi connectivity index (χ1) is 10.0. The van der Waals surface area contributed by atoms with Crippen LogP contribution in [0.3, 0.4) is 0 Å². The fourth-order valence-corrected chi connectivity index (χ4v) is 2.03. The van der Waals surface area contributed by atoms with Crippen molar-refractivity contribution >= 4 is 12.2 Å². The maximum Gasteiger partial charge on any atom is 0.267 e. The van der Waals surface area contributed by atoms with Crippen molar-refractivity contribution in [1.29, 1.82) is 0 Å². The van der Waals surface area contributed by atoms with E-state index < -0.39 is 36.4 Å². The predicted octanol–water partition coefficient (Wildman–Crippen LogP) is -1.20. The summed E-state index contributed by atoms with van der Waals surface area (Å²) in [5, 5.41) is 28.7. The van der Waals surface area contributed by atoms with Crippen LogP contribution in [-0.4, -0.2) is 49.5 Å². The number of ether oxygens (including phenoxy) is 1. The summed E-state index contributed by atoms with van der Waals surface area (Å²) in [6, 6.07) is 0. The van der Waals surface area contributed by atoms with Gasteiger partial charge in [-0.2, -0.15) is 0 Å². The van der Waals surface area contributed by atoms with Crippen molar-refractivity contribution in [2.24, 2.45) is 0 Å². The molecule has 1 aliphatic rings. The van der Waals surface area contributed by atoms with Crippen LogP contribution in [0.5, 0.6) is 0 Å². The van der Waals surface area contributed by atoms with Crippen molar-refractivity contribution in [3.63, 3.8) is 0 Å². The number of hydrogen-bond donors (Lipinski definition) is 4. The van der Waals surface area contributed by atoms with Gasteiger partial charge in [-0.15, -0.1) is 6.42 Å². The number of nitrogens with one attached hydrogen (secondary N) is 1. The first kappa shape index (κ1) is 12.2. The number of nitrogens with zero attached hydrogens (tertiary/aromatic N) is 1. The number of halogens is 1. The van der Waals surface area contributed by atoms with Gasteiger partial charge in [-0.3, -0.25) is 14.3 Å². The Morgan fingerprint density at radius 1 is 1.75 bits per heavy atom. The number of alkyl halides is 1. The number of terminal acetylenes is 1. The molecule has 7 nitrogen and oxygen atoms in total. The van der Waals surface area contributed by atoms with E-state index in [1.54, 1.807) is 0 Å². The summed E-state index contributed by atoms with van der Waals surface area (Å²) in [4.78, 5) is 13.6. The zero-order chi connectivity index (χ0) is 16.9. The van der Waals surface area contributed by atoms with Gasteiger partial charge >= 0.3 is 0 Å². The molecule has 0 radical (unpaired) electrons. The van der Waals surface area contributed by atoms with Crippen LogP contribution in [0.2, 0.25) is 0 Å². The highest BCUT2D eigenvalue weighted by Crippen LogP contribution is 2.37. The van der Waals surface area contributed by atoms with Gasteiger partial charge < -0.3 is 20.1 Å². The van der Waals surface area contributed by atoms with Crippen LogP contribution in [0.15, 0.2) is 11.0 Å². The molecule has 0 spiro atoms. The Kier molecular flexibility index (Phi) is 3.10. The van der Waals surface area contributed by atoms with Crippen LogP contribution in [0.1, 0.15) is 14.5 Å². The number of aromatic amines is 1. The summed E-state index contributed by atoms with van der Waals surface area (Å²) in [5.41, 5.74) is -0.900. The molecule has 20 heavy (non-hydrogen) atoms. The molecule has 108 valence electrons. The van der Waals surface area contributed by atoms with Gasteiger partial charge in [-0.1, -0.05) is 5.92 Å². The smallest absolute Gasteiger partial charge is 0.267 e. The van der Waals surface area contributed by atoms with Crippen molar-refractivity contribution < 1.29 is 27.2 Å². The third-order valence-corrected chi connectivity index (χ3v) is 3.15. The minimum absolute atomic E-state index is 0.206. The average molecular weight is 304 g/mol. The molecular weight excluding hydrogens is 291 g/mol. The van der Waals surface area contributed by atoms with Crippen LogP contribution in [0.25, 0.3) is 0 Å². The molecule has 0 aliphatic carbocycles. The Morgan fingerprint density at radius 2 is 2.40 bits per heavy atom. The Bertz CT molecular complexity index is 755. The molecule has 1 aromatic heterocycles. The third-order valence-electron chi connectivity index (χ3n) is 2.84. The topological polar surface area (TPSA) is 108 Å². The molecule has 1 aliphatic heterocycles. The normalized spacial score (nSPS) is 35.2. The van der Waals surface area contributed by atoms with E-state index in [0.29, 0.717) is 0 Å². The molecule has 1 fully saturated rings. The molecule has 0 bridgehead atoms. The van der Waals surface area contributed by atoms with Crippen molar-refractivity contribution in [2.75, 3.05) is 6.56 Å². The van der Waals surface area contributed by atoms with Crippen molar-refractivity contribution in [3.05, 3.63) is 26.9 Å². The molecule has 1 saturated heterocycles. The summed E-state index contributed by atoms with van der Waals surface area (Å²) in [6.45, 7) is -3.60. The van der Waals surface area contributed by atoms with Gasteiger partial charge in [-0.25, -0.2) is 4.39 Å². The van der Waals surface area contributed by atoms with E-state index in [4.69, 9.17) is 21.4 Å². The minimum Gasteiger partial charge on any atom is -0.390 e. The molecule has 0 unspecified atom stereocenters. The number of hydrogen-bond acceptors (Lipinski definition) is 6. The summed E-state index contributed by atoms with van der Waals surface area (Å²) in [7, 11) is 0. The molecule has 4 atom stereocenters. The maximum absolute atomic E-state index is 14.4. The third kappa shape index (κ3) is 2.17. The summed E-state index contributed by atoms with van der Waals surface area (Å²) >= 11 is 4.83. The highest BCUT2D eigenvalue weighted by Gasteiger charge is 2.55. The SMILES string of the molecule is [2H]C([2H])(O)[C@@]1(F)O[C@@H](n2cc(C#C)c(=O)[nH]c2=S)[C@H](O)[C@@H]1O. The average Bonchev–Trinajstić information content (AvgIpc) is 2.64. The first-order valence-corrected chi connectivity index (χ1v) is 5.71. The fourth-order valence-electron chi connectivity index (χ4n) is 1.78. The zero-order valence-corrected chi connectivity index (χ0v) is 10.6. The van der Waals surface area contributed by atoms with Crippen molar-refractivity contribution in [3.8, 4) is 12.3 Å². The van der Waals surface area contributed by atoms with E-state index in [2.05, 4.69) is 9.72 Å². The molecule has 0 saturated carbocycles. The number of aromatic nitrogens is 2. The zero-order valence-electron chi connectivity index (χ0n) is 11.8. The highest BCUT2D eigenvalue weighted by molar-refractivity contribution is 7.71. The number of aliphatic hydroxyl groups excluding tert-OH is 2. The van der Waals surface area contributed by atoms with Crippen molar-refractivity contribution in [1.82, 2.24) is 9.55 Å². The molecule has 2 heterocycles. The molecule has 1 aromatic rings.